The zero-order chi connectivity index (χ0) is 16.0. The average Bonchev–Trinajstić information content (AvgIpc) is 2.45. The SMILES string of the molecule is CCC(C)c1ccc(S(=O)(=O)N[C@@H](CCO)C(=O)O)cc1. The highest BCUT2D eigenvalue weighted by Gasteiger charge is 2.24. The molecule has 6 nitrogen and oxygen atoms in total. The first kappa shape index (κ1) is 17.6. The van der Waals surface area contributed by atoms with Gasteiger partial charge in [-0.3, -0.25) is 4.79 Å². The molecule has 1 aromatic rings. The van der Waals surface area contributed by atoms with Crippen molar-refractivity contribution in [1.29, 1.82) is 0 Å². The van der Waals surface area contributed by atoms with E-state index in [0.29, 0.717) is 5.92 Å². The van der Waals surface area contributed by atoms with E-state index in [1.54, 1.807) is 12.1 Å². The molecule has 0 saturated carbocycles. The van der Waals surface area contributed by atoms with Crippen LogP contribution in [0.15, 0.2) is 29.2 Å². The number of nitrogens with one attached hydrogen (secondary N) is 1. The number of sulfonamides is 1. The predicted octanol–water partition coefficient (Wildman–Crippen LogP) is 1.31. The van der Waals surface area contributed by atoms with Gasteiger partial charge in [-0.15, -0.1) is 0 Å². The number of aliphatic carboxylic acids is 1. The van der Waals surface area contributed by atoms with Crippen LogP contribution < -0.4 is 4.72 Å². The predicted molar refractivity (Wildman–Crippen MR) is 78.6 cm³/mol. The minimum Gasteiger partial charge on any atom is -0.480 e. The van der Waals surface area contributed by atoms with E-state index in [-0.39, 0.29) is 11.3 Å². The highest BCUT2D eigenvalue weighted by atomic mass is 32.2. The number of aliphatic hydroxyl groups excluding tert-OH is 1. The van der Waals surface area contributed by atoms with Crippen molar-refractivity contribution in [3.63, 3.8) is 0 Å². The van der Waals surface area contributed by atoms with Gasteiger partial charge in [-0.25, -0.2) is 8.42 Å². The van der Waals surface area contributed by atoms with Crippen molar-refractivity contribution in [3.05, 3.63) is 29.8 Å². The summed E-state index contributed by atoms with van der Waals surface area (Å²) in [6, 6.07) is 5.03. The molecule has 0 radical (unpaired) electrons. The van der Waals surface area contributed by atoms with Gasteiger partial charge in [0.1, 0.15) is 6.04 Å². The second-order valence-corrected chi connectivity index (χ2v) is 6.62. The van der Waals surface area contributed by atoms with Crippen LogP contribution in [0.3, 0.4) is 0 Å². The van der Waals surface area contributed by atoms with Gasteiger partial charge in [0.15, 0.2) is 0 Å². The summed E-state index contributed by atoms with van der Waals surface area (Å²) in [6.07, 6.45) is 0.765. The molecule has 1 rings (SSSR count). The molecule has 1 unspecified atom stereocenters. The van der Waals surface area contributed by atoms with Crippen molar-refractivity contribution in [3.8, 4) is 0 Å². The van der Waals surface area contributed by atoms with Gasteiger partial charge >= 0.3 is 5.97 Å². The van der Waals surface area contributed by atoms with Gasteiger partial charge in [0.2, 0.25) is 10.0 Å². The molecular weight excluding hydrogens is 294 g/mol. The second kappa shape index (κ2) is 7.53. The van der Waals surface area contributed by atoms with Gasteiger partial charge in [-0.05, 0) is 36.5 Å². The third-order valence-electron chi connectivity index (χ3n) is 3.39. The van der Waals surface area contributed by atoms with Crippen LogP contribution in [-0.4, -0.2) is 37.2 Å². The molecule has 2 atom stereocenters. The van der Waals surface area contributed by atoms with Crippen LogP contribution in [0, 0.1) is 0 Å². The molecule has 21 heavy (non-hydrogen) atoms. The Morgan fingerprint density at radius 1 is 1.29 bits per heavy atom. The van der Waals surface area contributed by atoms with E-state index < -0.39 is 28.6 Å². The largest absolute Gasteiger partial charge is 0.480 e. The molecular formula is C14H21NO5S. The normalized spacial score (nSPS) is 14.6. The lowest BCUT2D eigenvalue weighted by molar-refractivity contribution is -0.139. The fourth-order valence-electron chi connectivity index (χ4n) is 1.83. The van der Waals surface area contributed by atoms with E-state index in [0.717, 1.165) is 12.0 Å². The molecule has 0 saturated heterocycles. The summed E-state index contributed by atoms with van der Waals surface area (Å²) < 4.78 is 26.3. The zero-order valence-electron chi connectivity index (χ0n) is 12.1. The molecule has 0 heterocycles. The number of carboxylic acid groups (broad SMARTS) is 1. The van der Waals surface area contributed by atoms with E-state index in [1.807, 2.05) is 13.8 Å². The highest BCUT2D eigenvalue weighted by Crippen LogP contribution is 2.20. The second-order valence-electron chi connectivity index (χ2n) is 4.90. The topological polar surface area (TPSA) is 104 Å². The molecule has 0 amide bonds. The number of hydrogen-bond donors (Lipinski definition) is 3. The lowest BCUT2D eigenvalue weighted by Crippen LogP contribution is -2.41. The van der Waals surface area contributed by atoms with Crippen LogP contribution in [0.5, 0.6) is 0 Å². The summed E-state index contributed by atoms with van der Waals surface area (Å²) in [5.41, 5.74) is 1.03. The van der Waals surface area contributed by atoms with Crippen LogP contribution in [-0.2, 0) is 14.8 Å². The maximum atomic E-state index is 12.1. The first-order chi connectivity index (χ1) is 9.81. The van der Waals surface area contributed by atoms with Gasteiger partial charge in [-0.1, -0.05) is 26.0 Å². The molecule has 7 heteroatoms. The lowest BCUT2D eigenvalue weighted by Gasteiger charge is -2.14. The number of carbonyl (C=O) groups is 1. The molecule has 3 N–H and O–H groups in total. The molecule has 0 aliphatic carbocycles. The summed E-state index contributed by atoms with van der Waals surface area (Å²) in [5, 5.41) is 17.7. The quantitative estimate of drug-likeness (QED) is 0.671. The number of hydrogen-bond acceptors (Lipinski definition) is 4. The summed E-state index contributed by atoms with van der Waals surface area (Å²) in [6.45, 7) is 3.68. The van der Waals surface area contributed by atoms with Gasteiger partial charge in [0.05, 0.1) is 4.90 Å². The minimum absolute atomic E-state index is 0.0127. The fourth-order valence-corrected chi connectivity index (χ4v) is 3.05. The molecule has 1 aromatic carbocycles. The Bertz CT molecular complexity index is 568. The molecule has 118 valence electrons. The van der Waals surface area contributed by atoms with Gasteiger partial charge < -0.3 is 10.2 Å². The molecule has 0 bridgehead atoms. The van der Waals surface area contributed by atoms with Crippen LogP contribution in [0.2, 0.25) is 0 Å². The van der Waals surface area contributed by atoms with Gasteiger partial charge in [0, 0.05) is 6.61 Å². The van der Waals surface area contributed by atoms with Crippen molar-refractivity contribution in [1.82, 2.24) is 4.72 Å². The van der Waals surface area contributed by atoms with Crippen LogP contribution >= 0.6 is 0 Å². The Hall–Kier alpha value is -1.44. The van der Waals surface area contributed by atoms with Crippen molar-refractivity contribution in [2.24, 2.45) is 0 Å². The van der Waals surface area contributed by atoms with Crippen molar-refractivity contribution < 1.29 is 23.4 Å². The Morgan fingerprint density at radius 2 is 1.86 bits per heavy atom. The standard InChI is InChI=1S/C14H21NO5S/c1-3-10(2)11-4-6-12(7-5-11)21(19,20)15-13(8-9-16)14(17)18/h4-7,10,13,15-16H,3,8-9H2,1-2H3,(H,17,18)/t10?,13-/m0/s1. The summed E-state index contributed by atoms with van der Waals surface area (Å²) in [5.74, 6) is -0.986. The molecule has 0 aromatic heterocycles. The Morgan fingerprint density at radius 3 is 2.29 bits per heavy atom. The maximum Gasteiger partial charge on any atom is 0.321 e. The zero-order valence-corrected chi connectivity index (χ0v) is 12.9. The smallest absolute Gasteiger partial charge is 0.321 e. The monoisotopic (exact) mass is 315 g/mol. The van der Waals surface area contributed by atoms with Crippen molar-refractivity contribution >= 4 is 16.0 Å². The minimum atomic E-state index is -3.92. The van der Waals surface area contributed by atoms with Gasteiger partial charge in [-0.2, -0.15) is 4.72 Å². The van der Waals surface area contributed by atoms with Crippen molar-refractivity contribution in [2.45, 2.75) is 43.5 Å². The van der Waals surface area contributed by atoms with Crippen LogP contribution in [0.4, 0.5) is 0 Å². The Balaban J connectivity index is 2.94. The number of carboxylic acids is 1. The van der Waals surface area contributed by atoms with E-state index in [1.165, 1.54) is 12.1 Å². The summed E-state index contributed by atoms with van der Waals surface area (Å²) in [4.78, 5) is 11.0. The molecule has 0 spiro atoms. The van der Waals surface area contributed by atoms with E-state index in [4.69, 9.17) is 10.2 Å². The average molecular weight is 315 g/mol. The number of aliphatic hydroxyl groups is 1. The highest BCUT2D eigenvalue weighted by molar-refractivity contribution is 7.89. The fraction of sp³-hybridized carbons (Fsp3) is 0.500. The first-order valence-corrected chi connectivity index (χ1v) is 8.26. The number of benzene rings is 1. The van der Waals surface area contributed by atoms with Crippen LogP contribution in [0.25, 0.3) is 0 Å². The van der Waals surface area contributed by atoms with Gasteiger partial charge in [0.25, 0.3) is 0 Å². The Labute approximate surface area is 124 Å². The maximum absolute atomic E-state index is 12.1. The third kappa shape index (κ3) is 4.80. The summed E-state index contributed by atoms with van der Waals surface area (Å²) >= 11 is 0. The number of rotatable bonds is 8. The van der Waals surface area contributed by atoms with E-state index >= 15 is 0 Å². The summed E-state index contributed by atoms with van der Waals surface area (Å²) in [7, 11) is -3.92. The van der Waals surface area contributed by atoms with E-state index in [2.05, 4.69) is 4.72 Å². The molecule has 0 fully saturated rings. The first-order valence-electron chi connectivity index (χ1n) is 6.77. The molecule has 0 aliphatic rings. The Kier molecular flexibility index (Phi) is 6.32. The van der Waals surface area contributed by atoms with Crippen molar-refractivity contribution in [2.75, 3.05) is 6.61 Å². The molecule has 0 aliphatic heterocycles. The van der Waals surface area contributed by atoms with Crippen LogP contribution in [0.1, 0.15) is 38.2 Å². The lowest BCUT2D eigenvalue weighted by atomic mass is 9.99. The van der Waals surface area contributed by atoms with E-state index in [9.17, 15) is 13.2 Å². The third-order valence-corrected chi connectivity index (χ3v) is 4.87.